The van der Waals surface area contributed by atoms with E-state index < -0.39 is 92.1 Å². The van der Waals surface area contributed by atoms with Crippen LogP contribution in [0.1, 0.15) is 69.2 Å². The van der Waals surface area contributed by atoms with Crippen LogP contribution in [-0.4, -0.2) is 31.3 Å². The van der Waals surface area contributed by atoms with Crippen molar-refractivity contribution in [1.82, 2.24) is 0 Å². The fourth-order valence-electron chi connectivity index (χ4n) is 1.93. The number of anilines is 1. The first-order valence-electron chi connectivity index (χ1n) is 14.8. The van der Waals surface area contributed by atoms with Gasteiger partial charge in [0.25, 0.3) is 0 Å². The van der Waals surface area contributed by atoms with Crippen molar-refractivity contribution in [3.63, 3.8) is 0 Å². The maximum absolute atomic E-state index is 8.54. The predicted octanol–water partition coefficient (Wildman–Crippen LogP) is 3.22. The maximum atomic E-state index is 8.54. The predicted molar refractivity (Wildman–Crippen MR) is 92.8 cm³/mol. The lowest BCUT2D eigenvalue weighted by atomic mass is 9.79. The molecule has 0 aliphatic carbocycles. The molecule has 2 heterocycles. The van der Waals surface area contributed by atoms with Crippen molar-refractivity contribution in [3.05, 3.63) is 24.2 Å². The summed E-state index contributed by atoms with van der Waals surface area (Å²) in [6, 6.07) is -3.89. The molecule has 4 heteroatoms. The van der Waals surface area contributed by atoms with E-state index in [4.69, 9.17) is 31.2 Å². The van der Waals surface area contributed by atoms with Gasteiger partial charge in [0.2, 0.25) is 0 Å². The summed E-state index contributed by atoms with van der Waals surface area (Å²) in [7, 11) is -1.42. The highest BCUT2D eigenvalue weighted by molar-refractivity contribution is 6.62. The molecule has 1 aromatic carbocycles. The average Bonchev–Trinajstić information content (AvgIpc) is 2.93. The number of hydrogen-bond acceptors (Lipinski definition) is 3. The Balaban J connectivity index is 2.40. The second-order valence-corrected chi connectivity index (χ2v) is 6.03. The average molecular weight is 317 g/mol. The van der Waals surface area contributed by atoms with E-state index in [1.165, 1.54) is 0 Å². The third-order valence-corrected chi connectivity index (χ3v) is 3.92. The van der Waals surface area contributed by atoms with Crippen LogP contribution in [-0.2, 0) is 9.31 Å². The molecule has 2 saturated heterocycles. The molecule has 1 unspecified atom stereocenters. The van der Waals surface area contributed by atoms with Gasteiger partial charge in [-0.2, -0.15) is 0 Å². The molecule has 0 saturated carbocycles. The molecule has 0 N–H and O–H groups in total. The van der Waals surface area contributed by atoms with E-state index in [1.54, 1.807) is 27.7 Å². The van der Waals surface area contributed by atoms with Crippen LogP contribution in [0.5, 0.6) is 0 Å². The fourth-order valence-corrected chi connectivity index (χ4v) is 1.93. The van der Waals surface area contributed by atoms with Crippen molar-refractivity contribution in [1.29, 1.82) is 0 Å². The second-order valence-electron chi connectivity index (χ2n) is 6.03. The Labute approximate surface area is 157 Å². The van der Waals surface area contributed by atoms with E-state index in [9.17, 15) is 0 Å². The SMILES string of the molecule is [2H]c1c([2H])c(N2C([2H])([2H])C([2H])([2H])C([2H])([2H])C([2H])(C([2H])([2H])[2H])C2([2H])[2H])c([2H])c([2H])c1B1OC(C)(C)C(C)(C)O1. The first-order chi connectivity index (χ1) is 16.6. The van der Waals surface area contributed by atoms with Crippen LogP contribution in [0.2, 0.25) is 0 Å². The van der Waals surface area contributed by atoms with Gasteiger partial charge in [0.1, 0.15) is 0 Å². The Hall–Kier alpha value is -0.995. The molecule has 120 valence electrons. The molecular weight excluding hydrogens is 273 g/mol. The van der Waals surface area contributed by atoms with E-state index in [1.807, 2.05) is 0 Å². The van der Waals surface area contributed by atoms with Crippen molar-refractivity contribution in [2.24, 2.45) is 5.89 Å². The number of benzene rings is 1. The van der Waals surface area contributed by atoms with Crippen molar-refractivity contribution >= 4 is 18.3 Å². The van der Waals surface area contributed by atoms with E-state index in [0.29, 0.717) is 0 Å². The zero-order chi connectivity index (χ0) is 30.0. The standard InChI is InChI=1S/C18H28BNO2/c1-14-7-6-12-20(13-14)16-10-8-15(9-11-16)19-21-17(2,3)18(4,5)22-19/h8-11,14H,6-7,12-13H2,1-5H3/i1D3,6D2,7D2,8D,9D,10D,11D,12D2,13D2,14D. The second kappa shape index (κ2) is 5.57. The Morgan fingerprint density at radius 3 is 2.50 bits per heavy atom. The number of nitrogens with zero attached hydrogens (tertiary/aromatic N) is 1. The summed E-state index contributed by atoms with van der Waals surface area (Å²) in [4.78, 5) is -0.282. The summed E-state index contributed by atoms with van der Waals surface area (Å²) in [5.41, 5.74) is -3.50. The highest BCUT2D eigenvalue weighted by atomic mass is 16.7. The van der Waals surface area contributed by atoms with Gasteiger partial charge in [-0.25, -0.2) is 0 Å². The normalized spacial score (nSPS) is 50.9. The molecule has 0 amide bonds. The van der Waals surface area contributed by atoms with Gasteiger partial charge in [0.05, 0.1) is 16.7 Å². The van der Waals surface area contributed by atoms with Gasteiger partial charge in [-0.3, -0.25) is 0 Å². The minimum atomic E-state index is -3.99. The zero-order valence-corrected chi connectivity index (χ0v) is 12.8. The van der Waals surface area contributed by atoms with Gasteiger partial charge in [-0.1, -0.05) is 18.9 Å². The maximum Gasteiger partial charge on any atom is 0.494 e. The smallest absolute Gasteiger partial charge is 0.399 e. The van der Waals surface area contributed by atoms with Gasteiger partial charge in [-0.05, 0) is 63.9 Å². The van der Waals surface area contributed by atoms with Crippen LogP contribution in [0, 0.1) is 5.89 Å². The Bertz CT molecular complexity index is 1120. The van der Waals surface area contributed by atoms with Crippen LogP contribution >= 0.6 is 0 Å². The molecule has 2 fully saturated rings. The van der Waals surface area contributed by atoms with E-state index in [0.717, 1.165) is 0 Å². The van der Waals surface area contributed by atoms with Crippen LogP contribution in [0.25, 0.3) is 0 Å². The topological polar surface area (TPSA) is 21.7 Å². The van der Waals surface area contributed by atoms with Crippen molar-refractivity contribution < 1.29 is 31.2 Å². The van der Waals surface area contributed by atoms with Crippen molar-refractivity contribution in [3.8, 4) is 0 Å². The molecule has 1 aromatic rings. The number of piperidine rings is 1. The van der Waals surface area contributed by atoms with E-state index >= 15 is 0 Å². The molecule has 2 aliphatic heterocycles. The molecule has 3 nitrogen and oxygen atoms in total. The van der Waals surface area contributed by atoms with Gasteiger partial charge in [0.15, 0.2) is 0 Å². The molecule has 0 bridgehead atoms. The Kier molecular flexibility index (Phi) is 1.40. The van der Waals surface area contributed by atoms with Crippen LogP contribution in [0.3, 0.4) is 0 Å². The Morgan fingerprint density at radius 2 is 1.91 bits per heavy atom. The Morgan fingerprint density at radius 1 is 1.27 bits per heavy atom. The quantitative estimate of drug-likeness (QED) is 0.782. The van der Waals surface area contributed by atoms with Gasteiger partial charge in [0, 0.05) is 35.1 Å². The third-order valence-electron chi connectivity index (χ3n) is 3.92. The number of rotatable bonds is 2. The van der Waals surface area contributed by atoms with Crippen LogP contribution in [0.15, 0.2) is 24.2 Å². The van der Waals surface area contributed by atoms with Crippen molar-refractivity contribution in [2.75, 3.05) is 17.9 Å². The van der Waals surface area contributed by atoms with Gasteiger partial charge in [-0.15, -0.1) is 0 Å². The van der Waals surface area contributed by atoms with Crippen molar-refractivity contribution in [2.45, 2.75) is 58.5 Å². The monoisotopic (exact) mass is 317 g/mol. The molecule has 3 rings (SSSR count). The van der Waals surface area contributed by atoms with E-state index in [-0.39, 0.29) is 4.90 Å². The number of hydrogen-bond donors (Lipinski definition) is 0. The summed E-state index contributed by atoms with van der Waals surface area (Å²) < 4.78 is 144. The van der Waals surface area contributed by atoms with Gasteiger partial charge >= 0.3 is 7.12 Å². The fraction of sp³-hybridized carbons (Fsp3) is 0.667. The molecule has 0 aromatic heterocycles. The summed E-state index contributed by atoms with van der Waals surface area (Å²) >= 11 is 0. The lowest BCUT2D eigenvalue weighted by Crippen LogP contribution is -2.41. The molecule has 22 heavy (non-hydrogen) atoms. The molecule has 2 aliphatic rings. The highest BCUT2D eigenvalue weighted by Crippen LogP contribution is 2.36. The summed E-state index contributed by atoms with van der Waals surface area (Å²) in [5, 5.41) is 0. The lowest BCUT2D eigenvalue weighted by Gasteiger charge is -2.32. The lowest BCUT2D eigenvalue weighted by molar-refractivity contribution is 0.00578. The molecular formula is C18H28BNO2. The largest absolute Gasteiger partial charge is 0.494 e. The van der Waals surface area contributed by atoms with Crippen LogP contribution < -0.4 is 10.4 Å². The summed E-state index contributed by atoms with van der Waals surface area (Å²) in [6.07, 6.45) is -7.86. The summed E-state index contributed by atoms with van der Waals surface area (Å²) in [5.74, 6) is -3.99. The van der Waals surface area contributed by atoms with Gasteiger partial charge < -0.3 is 14.2 Å². The molecule has 0 spiro atoms. The van der Waals surface area contributed by atoms with E-state index in [2.05, 4.69) is 0 Å². The highest BCUT2D eigenvalue weighted by Gasteiger charge is 2.51. The molecule has 1 atom stereocenters. The zero-order valence-electron chi connectivity index (χ0n) is 28.8. The first-order valence-corrected chi connectivity index (χ1v) is 6.84. The minimum absolute atomic E-state index is 0.282. The summed E-state index contributed by atoms with van der Waals surface area (Å²) in [6.45, 7) is -4.90. The first kappa shape index (κ1) is 5.53. The third kappa shape index (κ3) is 2.91. The molecule has 0 radical (unpaired) electrons. The minimum Gasteiger partial charge on any atom is -0.399 e. The van der Waals surface area contributed by atoms with Crippen LogP contribution in [0.4, 0.5) is 5.69 Å².